The summed E-state index contributed by atoms with van der Waals surface area (Å²) in [6, 6.07) is 1.93. The van der Waals surface area contributed by atoms with Gasteiger partial charge >= 0.3 is 0 Å². The molecule has 1 heterocycles. The zero-order chi connectivity index (χ0) is 8.10. The van der Waals surface area contributed by atoms with E-state index in [2.05, 4.69) is 21.2 Å². The van der Waals surface area contributed by atoms with Crippen LogP contribution in [-0.2, 0) is 6.54 Å². The SMILES string of the molecule is NCCNCc1coc(Br)c1. The fourth-order valence-electron chi connectivity index (χ4n) is 0.773. The Kier molecular flexibility index (Phi) is 3.62. The van der Waals surface area contributed by atoms with Crippen LogP contribution < -0.4 is 11.1 Å². The van der Waals surface area contributed by atoms with Crippen molar-refractivity contribution in [1.82, 2.24) is 5.32 Å². The van der Waals surface area contributed by atoms with Crippen molar-refractivity contribution in [1.29, 1.82) is 0 Å². The maximum Gasteiger partial charge on any atom is 0.169 e. The molecule has 0 spiro atoms. The summed E-state index contributed by atoms with van der Waals surface area (Å²) in [6.45, 7) is 2.31. The topological polar surface area (TPSA) is 51.2 Å². The number of furan rings is 1. The predicted molar refractivity (Wildman–Crippen MR) is 47.2 cm³/mol. The Morgan fingerprint density at radius 2 is 2.45 bits per heavy atom. The van der Waals surface area contributed by atoms with Crippen LogP contribution in [0, 0.1) is 0 Å². The number of nitrogens with two attached hydrogens (primary N) is 1. The third kappa shape index (κ3) is 3.05. The lowest BCUT2D eigenvalue weighted by Gasteiger charge is -1.97. The van der Waals surface area contributed by atoms with E-state index in [1.54, 1.807) is 6.26 Å². The van der Waals surface area contributed by atoms with Crippen molar-refractivity contribution in [3.63, 3.8) is 0 Å². The van der Waals surface area contributed by atoms with Crippen molar-refractivity contribution in [2.24, 2.45) is 5.73 Å². The van der Waals surface area contributed by atoms with E-state index in [-0.39, 0.29) is 0 Å². The quantitative estimate of drug-likeness (QED) is 0.745. The summed E-state index contributed by atoms with van der Waals surface area (Å²) in [7, 11) is 0. The second-order valence-electron chi connectivity index (χ2n) is 2.22. The smallest absolute Gasteiger partial charge is 0.169 e. The van der Waals surface area contributed by atoms with Crippen LogP contribution in [-0.4, -0.2) is 13.1 Å². The molecule has 0 bridgehead atoms. The number of rotatable bonds is 4. The Balaban J connectivity index is 2.27. The van der Waals surface area contributed by atoms with Crippen molar-refractivity contribution in [3.8, 4) is 0 Å². The Hall–Kier alpha value is -0.320. The first-order valence-corrected chi connectivity index (χ1v) is 4.26. The Bertz CT molecular complexity index is 212. The van der Waals surface area contributed by atoms with Gasteiger partial charge in [-0.2, -0.15) is 0 Å². The van der Waals surface area contributed by atoms with Crippen LogP contribution in [0.4, 0.5) is 0 Å². The Morgan fingerprint density at radius 1 is 1.64 bits per heavy atom. The van der Waals surface area contributed by atoms with Gasteiger partial charge in [-0.05, 0) is 22.0 Å². The lowest BCUT2D eigenvalue weighted by molar-refractivity contribution is 0.536. The average Bonchev–Trinajstić information content (AvgIpc) is 2.37. The zero-order valence-electron chi connectivity index (χ0n) is 6.14. The maximum absolute atomic E-state index is 5.30. The molecule has 0 aliphatic rings. The van der Waals surface area contributed by atoms with Crippen molar-refractivity contribution in [2.75, 3.05) is 13.1 Å². The van der Waals surface area contributed by atoms with Crippen LogP contribution in [0.2, 0.25) is 0 Å². The van der Waals surface area contributed by atoms with Gasteiger partial charge in [0.1, 0.15) is 0 Å². The first-order chi connectivity index (χ1) is 5.33. The Morgan fingerprint density at radius 3 is 3.00 bits per heavy atom. The lowest BCUT2D eigenvalue weighted by atomic mass is 10.3. The van der Waals surface area contributed by atoms with E-state index in [0.717, 1.165) is 23.3 Å². The van der Waals surface area contributed by atoms with Crippen molar-refractivity contribution < 1.29 is 4.42 Å². The fraction of sp³-hybridized carbons (Fsp3) is 0.429. The maximum atomic E-state index is 5.30. The molecule has 0 aliphatic heterocycles. The van der Waals surface area contributed by atoms with E-state index >= 15 is 0 Å². The molecule has 4 heteroatoms. The number of hydrogen-bond acceptors (Lipinski definition) is 3. The molecule has 1 rings (SSSR count). The highest BCUT2D eigenvalue weighted by Crippen LogP contribution is 2.13. The largest absolute Gasteiger partial charge is 0.457 e. The van der Waals surface area contributed by atoms with Gasteiger partial charge < -0.3 is 15.5 Å². The molecule has 0 radical (unpaired) electrons. The molecule has 11 heavy (non-hydrogen) atoms. The standard InChI is InChI=1S/C7H11BrN2O/c8-7-3-6(5-11-7)4-10-2-1-9/h3,5,10H,1-2,4,9H2. The van der Waals surface area contributed by atoms with E-state index in [1.807, 2.05) is 6.07 Å². The minimum atomic E-state index is 0.666. The molecular weight excluding hydrogens is 208 g/mol. The summed E-state index contributed by atoms with van der Waals surface area (Å²) < 4.78 is 5.81. The molecule has 0 atom stereocenters. The molecule has 0 saturated heterocycles. The molecule has 62 valence electrons. The van der Waals surface area contributed by atoms with Crippen molar-refractivity contribution in [2.45, 2.75) is 6.54 Å². The van der Waals surface area contributed by atoms with Crippen LogP contribution in [0.3, 0.4) is 0 Å². The van der Waals surface area contributed by atoms with Gasteiger partial charge in [-0.3, -0.25) is 0 Å². The second kappa shape index (κ2) is 4.54. The van der Waals surface area contributed by atoms with Gasteiger partial charge in [-0.25, -0.2) is 0 Å². The van der Waals surface area contributed by atoms with Gasteiger partial charge in [0.2, 0.25) is 0 Å². The molecule has 0 aliphatic carbocycles. The molecule has 0 fully saturated rings. The van der Waals surface area contributed by atoms with Gasteiger partial charge in [0.05, 0.1) is 6.26 Å². The summed E-state index contributed by atoms with van der Waals surface area (Å²) in [6.07, 6.45) is 1.72. The molecule has 0 saturated carbocycles. The minimum absolute atomic E-state index is 0.666. The molecule has 0 unspecified atom stereocenters. The zero-order valence-corrected chi connectivity index (χ0v) is 7.73. The van der Waals surface area contributed by atoms with Gasteiger partial charge in [-0.1, -0.05) is 0 Å². The van der Waals surface area contributed by atoms with Crippen molar-refractivity contribution in [3.05, 3.63) is 22.6 Å². The summed E-state index contributed by atoms with van der Waals surface area (Å²) in [5.41, 5.74) is 6.43. The highest BCUT2D eigenvalue weighted by Gasteiger charge is 1.96. The monoisotopic (exact) mass is 218 g/mol. The lowest BCUT2D eigenvalue weighted by Crippen LogP contribution is -2.21. The van der Waals surface area contributed by atoms with Crippen LogP contribution in [0.25, 0.3) is 0 Å². The highest BCUT2D eigenvalue weighted by atomic mass is 79.9. The van der Waals surface area contributed by atoms with Crippen LogP contribution in [0.5, 0.6) is 0 Å². The number of halogens is 1. The molecule has 1 aromatic rings. The van der Waals surface area contributed by atoms with Crippen LogP contribution in [0.15, 0.2) is 21.4 Å². The van der Waals surface area contributed by atoms with E-state index in [4.69, 9.17) is 10.2 Å². The predicted octanol–water partition coefficient (Wildman–Crippen LogP) is 1.09. The van der Waals surface area contributed by atoms with E-state index < -0.39 is 0 Å². The number of nitrogens with one attached hydrogen (secondary N) is 1. The first-order valence-electron chi connectivity index (χ1n) is 3.46. The van der Waals surface area contributed by atoms with Gasteiger partial charge in [0.15, 0.2) is 4.67 Å². The van der Waals surface area contributed by atoms with Crippen molar-refractivity contribution >= 4 is 15.9 Å². The minimum Gasteiger partial charge on any atom is -0.457 e. The van der Waals surface area contributed by atoms with Crippen LogP contribution >= 0.6 is 15.9 Å². The van der Waals surface area contributed by atoms with Crippen LogP contribution in [0.1, 0.15) is 5.56 Å². The molecule has 0 amide bonds. The first kappa shape index (κ1) is 8.77. The third-order valence-corrected chi connectivity index (χ3v) is 1.69. The molecule has 3 N–H and O–H groups in total. The fourth-order valence-corrected chi connectivity index (χ4v) is 1.16. The van der Waals surface area contributed by atoms with Gasteiger partial charge in [-0.15, -0.1) is 0 Å². The van der Waals surface area contributed by atoms with E-state index in [0.29, 0.717) is 6.54 Å². The van der Waals surface area contributed by atoms with E-state index in [1.165, 1.54) is 0 Å². The van der Waals surface area contributed by atoms with Gasteiger partial charge in [0.25, 0.3) is 0 Å². The molecular formula is C7H11BrN2O. The summed E-state index contributed by atoms with van der Waals surface area (Å²) in [5.74, 6) is 0. The van der Waals surface area contributed by atoms with E-state index in [9.17, 15) is 0 Å². The Labute approximate surface area is 74.1 Å². The molecule has 0 aromatic carbocycles. The normalized spacial score (nSPS) is 10.4. The molecule has 1 aromatic heterocycles. The number of hydrogen-bond donors (Lipinski definition) is 2. The van der Waals surface area contributed by atoms with Gasteiger partial charge in [0, 0.05) is 25.2 Å². The summed E-state index contributed by atoms with van der Waals surface area (Å²) in [4.78, 5) is 0. The molecule has 3 nitrogen and oxygen atoms in total. The third-order valence-electron chi connectivity index (χ3n) is 1.27. The highest BCUT2D eigenvalue weighted by molar-refractivity contribution is 9.10. The second-order valence-corrected chi connectivity index (χ2v) is 3.01. The average molecular weight is 219 g/mol. The summed E-state index contributed by atoms with van der Waals surface area (Å²) >= 11 is 3.22. The summed E-state index contributed by atoms with van der Waals surface area (Å²) in [5, 5.41) is 3.16.